The number of rotatable bonds is 2. The predicted molar refractivity (Wildman–Crippen MR) is 80.6 cm³/mol. The van der Waals surface area contributed by atoms with Gasteiger partial charge in [0.2, 0.25) is 0 Å². The van der Waals surface area contributed by atoms with E-state index in [0.29, 0.717) is 15.6 Å². The van der Waals surface area contributed by atoms with Gasteiger partial charge in [-0.2, -0.15) is 0 Å². The molecule has 1 N–H and O–H groups in total. The van der Waals surface area contributed by atoms with E-state index in [1.54, 1.807) is 7.11 Å². The first-order chi connectivity index (χ1) is 8.81. The van der Waals surface area contributed by atoms with Gasteiger partial charge < -0.3 is 10.1 Å². The number of carbonyl (C=O) groups is 1. The van der Waals surface area contributed by atoms with Crippen molar-refractivity contribution in [1.29, 1.82) is 0 Å². The third kappa shape index (κ3) is 3.01. The van der Waals surface area contributed by atoms with Crippen molar-refractivity contribution >= 4 is 38.9 Å². The fourth-order valence-corrected chi connectivity index (χ4v) is 3.02. The number of hydrogen-bond donors (Lipinski definition) is 1. The molecule has 0 aliphatic carbocycles. The van der Waals surface area contributed by atoms with Crippen molar-refractivity contribution in [3.63, 3.8) is 0 Å². The van der Waals surface area contributed by atoms with Crippen molar-refractivity contribution in [2.75, 3.05) is 7.11 Å². The number of ether oxygens (including phenoxy) is 1. The second-order valence-corrected chi connectivity index (χ2v) is 6.80. The number of hydrogen-bond acceptors (Lipinski definition) is 3. The Morgan fingerprint density at radius 2 is 2.05 bits per heavy atom. The Balaban J connectivity index is 2.51. The topological polar surface area (TPSA) is 38.3 Å². The molecule has 5 heteroatoms. The van der Waals surface area contributed by atoms with Crippen molar-refractivity contribution in [2.45, 2.75) is 26.3 Å². The Morgan fingerprint density at radius 1 is 1.37 bits per heavy atom. The minimum Gasteiger partial charge on any atom is -0.494 e. The molecular formula is C14H16ClNO2S. The van der Waals surface area contributed by atoms with Crippen LogP contribution in [0.3, 0.4) is 0 Å². The normalized spacial score (nSPS) is 11.6. The summed E-state index contributed by atoms with van der Waals surface area (Å²) in [5, 5.41) is 4.45. The van der Waals surface area contributed by atoms with Crippen LogP contribution >= 0.6 is 22.9 Å². The van der Waals surface area contributed by atoms with E-state index in [4.69, 9.17) is 16.3 Å². The van der Waals surface area contributed by atoms with E-state index in [9.17, 15) is 4.79 Å². The maximum Gasteiger partial charge on any atom is 0.265 e. The summed E-state index contributed by atoms with van der Waals surface area (Å²) in [4.78, 5) is 12.9. The van der Waals surface area contributed by atoms with Crippen molar-refractivity contribution in [3.05, 3.63) is 28.1 Å². The van der Waals surface area contributed by atoms with E-state index in [0.717, 1.165) is 10.1 Å². The second kappa shape index (κ2) is 5.02. The van der Waals surface area contributed by atoms with Crippen molar-refractivity contribution in [1.82, 2.24) is 5.32 Å². The predicted octanol–water partition coefficient (Wildman–Crippen LogP) is 4.09. The first-order valence-corrected chi connectivity index (χ1v) is 7.10. The highest BCUT2D eigenvalue weighted by atomic mass is 35.5. The zero-order valence-electron chi connectivity index (χ0n) is 11.3. The average Bonchev–Trinajstić information content (AvgIpc) is 2.64. The van der Waals surface area contributed by atoms with Gasteiger partial charge in [0.1, 0.15) is 10.6 Å². The van der Waals surface area contributed by atoms with Crippen LogP contribution in [-0.4, -0.2) is 18.6 Å². The number of methoxy groups -OCH3 is 1. The highest BCUT2D eigenvalue weighted by Crippen LogP contribution is 2.39. The number of thiophene rings is 1. The first-order valence-electron chi connectivity index (χ1n) is 5.90. The van der Waals surface area contributed by atoms with Gasteiger partial charge >= 0.3 is 0 Å². The molecule has 1 amide bonds. The lowest BCUT2D eigenvalue weighted by atomic mass is 10.1. The summed E-state index contributed by atoms with van der Waals surface area (Å²) in [7, 11) is 1.57. The van der Waals surface area contributed by atoms with E-state index < -0.39 is 0 Å². The molecule has 19 heavy (non-hydrogen) atoms. The van der Waals surface area contributed by atoms with E-state index in [2.05, 4.69) is 5.32 Å². The molecule has 1 aromatic heterocycles. The number of carbonyl (C=O) groups excluding carboxylic acids is 1. The molecular weight excluding hydrogens is 282 g/mol. The minimum absolute atomic E-state index is 0.123. The van der Waals surface area contributed by atoms with E-state index >= 15 is 0 Å². The lowest BCUT2D eigenvalue weighted by Gasteiger charge is -2.20. The van der Waals surface area contributed by atoms with E-state index in [1.165, 1.54) is 11.3 Å². The third-order valence-electron chi connectivity index (χ3n) is 2.50. The summed E-state index contributed by atoms with van der Waals surface area (Å²) in [5.74, 6) is 0.464. The van der Waals surface area contributed by atoms with Crippen LogP contribution in [0.5, 0.6) is 5.75 Å². The van der Waals surface area contributed by atoms with E-state index in [1.807, 2.05) is 39.0 Å². The monoisotopic (exact) mass is 297 g/mol. The smallest absolute Gasteiger partial charge is 0.265 e. The van der Waals surface area contributed by atoms with Gasteiger partial charge in [0.05, 0.1) is 7.11 Å². The molecule has 0 unspecified atom stereocenters. The van der Waals surface area contributed by atoms with Crippen molar-refractivity contribution in [3.8, 4) is 5.75 Å². The fourth-order valence-electron chi connectivity index (χ4n) is 1.80. The molecule has 3 nitrogen and oxygen atoms in total. The highest BCUT2D eigenvalue weighted by Gasteiger charge is 2.22. The van der Waals surface area contributed by atoms with Crippen LogP contribution in [0.1, 0.15) is 30.4 Å². The molecule has 2 rings (SSSR count). The Bertz CT molecular complexity index is 628. The Kier molecular flexibility index (Phi) is 3.74. The van der Waals surface area contributed by atoms with Crippen LogP contribution in [0.25, 0.3) is 10.1 Å². The SMILES string of the molecule is COc1c(C(=O)NC(C)(C)C)sc2ccc(Cl)cc12. The van der Waals surface area contributed by atoms with Crippen LogP contribution in [-0.2, 0) is 0 Å². The molecule has 0 aliphatic rings. The lowest BCUT2D eigenvalue weighted by molar-refractivity contribution is 0.0921. The van der Waals surface area contributed by atoms with Gasteiger partial charge in [-0.05, 0) is 39.0 Å². The van der Waals surface area contributed by atoms with Crippen LogP contribution in [0.4, 0.5) is 0 Å². The first kappa shape index (κ1) is 14.2. The summed E-state index contributed by atoms with van der Waals surface area (Å²) in [6.45, 7) is 5.84. The van der Waals surface area contributed by atoms with Gasteiger partial charge in [-0.1, -0.05) is 11.6 Å². The van der Waals surface area contributed by atoms with Gasteiger partial charge in [-0.25, -0.2) is 0 Å². The van der Waals surface area contributed by atoms with Crippen molar-refractivity contribution in [2.24, 2.45) is 0 Å². The zero-order chi connectivity index (χ0) is 14.2. The van der Waals surface area contributed by atoms with Gasteiger partial charge in [-0.15, -0.1) is 11.3 Å². The van der Waals surface area contributed by atoms with E-state index in [-0.39, 0.29) is 11.4 Å². The largest absolute Gasteiger partial charge is 0.494 e. The molecule has 0 fully saturated rings. The molecule has 102 valence electrons. The standard InChI is InChI=1S/C14H16ClNO2S/c1-14(2,3)16-13(17)12-11(18-4)9-7-8(15)5-6-10(9)19-12/h5-7H,1-4H3,(H,16,17). The second-order valence-electron chi connectivity index (χ2n) is 5.31. The van der Waals surface area contributed by atoms with Crippen LogP contribution in [0.15, 0.2) is 18.2 Å². The summed E-state index contributed by atoms with van der Waals surface area (Å²) in [5.41, 5.74) is -0.282. The van der Waals surface area contributed by atoms with Gasteiger partial charge in [0.15, 0.2) is 0 Å². The molecule has 2 aromatic rings. The highest BCUT2D eigenvalue weighted by molar-refractivity contribution is 7.21. The number of nitrogens with one attached hydrogen (secondary N) is 1. The number of fused-ring (bicyclic) bond motifs is 1. The Morgan fingerprint density at radius 3 is 2.63 bits per heavy atom. The molecule has 0 atom stereocenters. The Labute approximate surface area is 121 Å². The van der Waals surface area contributed by atoms with Gasteiger partial charge in [0.25, 0.3) is 5.91 Å². The van der Waals surface area contributed by atoms with Crippen LogP contribution in [0.2, 0.25) is 5.02 Å². The van der Waals surface area contributed by atoms with Gasteiger partial charge in [-0.3, -0.25) is 4.79 Å². The quantitative estimate of drug-likeness (QED) is 0.906. The Hall–Kier alpha value is -1.26. The fraction of sp³-hybridized carbons (Fsp3) is 0.357. The number of benzene rings is 1. The zero-order valence-corrected chi connectivity index (χ0v) is 12.9. The molecule has 0 saturated carbocycles. The van der Waals surface area contributed by atoms with Crippen LogP contribution in [0, 0.1) is 0 Å². The average molecular weight is 298 g/mol. The maximum absolute atomic E-state index is 12.3. The third-order valence-corrected chi connectivity index (χ3v) is 3.89. The molecule has 0 spiro atoms. The molecule has 0 aliphatic heterocycles. The molecule has 1 heterocycles. The van der Waals surface area contributed by atoms with Crippen molar-refractivity contribution < 1.29 is 9.53 Å². The summed E-state index contributed by atoms with van der Waals surface area (Å²) in [6.07, 6.45) is 0. The number of amides is 1. The summed E-state index contributed by atoms with van der Waals surface area (Å²) < 4.78 is 6.37. The minimum atomic E-state index is -0.282. The lowest BCUT2D eigenvalue weighted by Crippen LogP contribution is -2.40. The molecule has 0 saturated heterocycles. The number of halogens is 1. The molecule has 0 radical (unpaired) electrons. The molecule has 1 aromatic carbocycles. The van der Waals surface area contributed by atoms with Gasteiger partial charge in [0, 0.05) is 20.6 Å². The maximum atomic E-state index is 12.3. The summed E-state index contributed by atoms with van der Waals surface area (Å²) >= 11 is 7.40. The summed E-state index contributed by atoms with van der Waals surface area (Å²) in [6, 6.07) is 5.53. The molecule has 0 bridgehead atoms. The van der Waals surface area contributed by atoms with Crippen LogP contribution < -0.4 is 10.1 Å².